The number of aromatic nitrogens is 2. The number of hydrogen-bond acceptors (Lipinski definition) is 7. The monoisotopic (exact) mass is 328 g/mol. The van der Waals surface area contributed by atoms with Crippen molar-refractivity contribution in [2.75, 3.05) is 18.6 Å². The van der Waals surface area contributed by atoms with E-state index >= 15 is 0 Å². The quantitative estimate of drug-likeness (QED) is 0.618. The summed E-state index contributed by atoms with van der Waals surface area (Å²) in [5, 5.41) is 17.1. The average Bonchev–Trinajstić information content (AvgIpc) is 2.92. The SMILES string of the molecule is CSc1nnc(SCCOc2ccccc2C(=O)O)s1. The summed E-state index contributed by atoms with van der Waals surface area (Å²) in [5.74, 6) is 0.0985. The molecule has 2 rings (SSSR count). The first-order valence-electron chi connectivity index (χ1n) is 5.66. The van der Waals surface area contributed by atoms with E-state index in [1.165, 1.54) is 6.07 Å². The number of aromatic carboxylic acids is 1. The minimum atomic E-state index is -0.984. The first kappa shape index (κ1) is 15.1. The van der Waals surface area contributed by atoms with E-state index in [1.807, 2.05) is 6.26 Å². The third kappa shape index (κ3) is 4.12. The molecule has 0 saturated carbocycles. The molecule has 0 aliphatic rings. The number of carboxylic acids is 1. The Hall–Kier alpha value is -1.25. The van der Waals surface area contributed by atoms with Gasteiger partial charge in [-0.15, -0.1) is 10.2 Å². The summed E-state index contributed by atoms with van der Waals surface area (Å²) in [6.45, 7) is 0.420. The molecule has 0 fully saturated rings. The molecule has 0 aliphatic carbocycles. The normalized spacial score (nSPS) is 10.4. The lowest BCUT2D eigenvalue weighted by Gasteiger charge is -2.07. The third-order valence-corrected chi connectivity index (χ3v) is 5.24. The van der Waals surface area contributed by atoms with Gasteiger partial charge in [0, 0.05) is 5.75 Å². The number of hydrogen-bond donors (Lipinski definition) is 1. The van der Waals surface area contributed by atoms with E-state index in [-0.39, 0.29) is 5.56 Å². The van der Waals surface area contributed by atoms with Gasteiger partial charge >= 0.3 is 5.97 Å². The zero-order valence-electron chi connectivity index (χ0n) is 10.6. The highest BCUT2D eigenvalue weighted by molar-refractivity contribution is 8.02. The van der Waals surface area contributed by atoms with Crippen LogP contribution < -0.4 is 4.74 Å². The van der Waals surface area contributed by atoms with Gasteiger partial charge in [0.2, 0.25) is 0 Å². The second-order valence-corrected chi connectivity index (χ2v) is 6.91. The van der Waals surface area contributed by atoms with Gasteiger partial charge < -0.3 is 9.84 Å². The Bertz CT molecular complexity index is 589. The Balaban J connectivity index is 1.83. The van der Waals surface area contributed by atoms with Crippen LogP contribution >= 0.6 is 34.9 Å². The van der Waals surface area contributed by atoms with Crippen LogP contribution in [0.15, 0.2) is 32.9 Å². The summed E-state index contributed by atoms with van der Waals surface area (Å²) < 4.78 is 7.33. The van der Waals surface area contributed by atoms with Crippen LogP contribution in [-0.2, 0) is 0 Å². The second-order valence-electron chi connectivity index (χ2n) is 3.54. The van der Waals surface area contributed by atoms with E-state index in [9.17, 15) is 4.79 Å². The molecule has 8 heteroatoms. The van der Waals surface area contributed by atoms with Crippen LogP contribution in [0.1, 0.15) is 10.4 Å². The molecule has 1 aromatic heterocycles. The molecule has 0 aliphatic heterocycles. The largest absolute Gasteiger partial charge is 0.492 e. The molecule has 2 aromatic rings. The highest BCUT2D eigenvalue weighted by Crippen LogP contribution is 2.27. The predicted octanol–water partition coefficient (Wildman–Crippen LogP) is 3.13. The van der Waals surface area contributed by atoms with Crippen molar-refractivity contribution >= 4 is 40.8 Å². The predicted molar refractivity (Wildman–Crippen MR) is 81.3 cm³/mol. The van der Waals surface area contributed by atoms with E-state index in [2.05, 4.69) is 10.2 Å². The lowest BCUT2D eigenvalue weighted by atomic mass is 10.2. The van der Waals surface area contributed by atoms with Crippen LogP contribution in [-0.4, -0.2) is 39.9 Å². The molecular weight excluding hydrogens is 316 g/mol. The van der Waals surface area contributed by atoms with Crippen molar-refractivity contribution in [3.8, 4) is 5.75 Å². The minimum absolute atomic E-state index is 0.179. The fourth-order valence-corrected chi connectivity index (χ4v) is 3.71. The highest BCUT2D eigenvalue weighted by atomic mass is 32.2. The van der Waals surface area contributed by atoms with Gasteiger partial charge in [0.1, 0.15) is 11.3 Å². The zero-order valence-corrected chi connectivity index (χ0v) is 13.1. The van der Waals surface area contributed by atoms with Crippen molar-refractivity contribution in [1.29, 1.82) is 0 Å². The van der Waals surface area contributed by atoms with E-state index < -0.39 is 5.97 Å². The zero-order chi connectivity index (χ0) is 14.4. The molecule has 106 valence electrons. The number of rotatable bonds is 7. The van der Waals surface area contributed by atoms with Crippen molar-refractivity contribution in [1.82, 2.24) is 10.2 Å². The summed E-state index contributed by atoms with van der Waals surface area (Å²) in [4.78, 5) is 11.0. The highest BCUT2D eigenvalue weighted by Gasteiger charge is 2.10. The molecule has 5 nitrogen and oxygen atoms in total. The van der Waals surface area contributed by atoms with E-state index in [1.54, 1.807) is 53.1 Å². The van der Waals surface area contributed by atoms with Crippen LogP contribution in [0.25, 0.3) is 0 Å². The molecule has 1 heterocycles. The molecule has 20 heavy (non-hydrogen) atoms. The Morgan fingerprint density at radius 1 is 1.35 bits per heavy atom. The van der Waals surface area contributed by atoms with E-state index in [0.717, 1.165) is 8.68 Å². The summed E-state index contributed by atoms with van der Waals surface area (Å²) in [6, 6.07) is 6.62. The number of ether oxygens (including phenoxy) is 1. The first-order chi connectivity index (χ1) is 9.70. The van der Waals surface area contributed by atoms with E-state index in [0.29, 0.717) is 18.1 Å². The molecule has 0 unspecified atom stereocenters. The van der Waals surface area contributed by atoms with Crippen LogP contribution in [0.3, 0.4) is 0 Å². The van der Waals surface area contributed by atoms with Crippen LogP contribution in [0.4, 0.5) is 0 Å². The topological polar surface area (TPSA) is 72.3 Å². The molecule has 0 atom stereocenters. The Labute approximate surface area is 128 Å². The van der Waals surface area contributed by atoms with Gasteiger partial charge in [-0.05, 0) is 18.4 Å². The van der Waals surface area contributed by atoms with E-state index in [4.69, 9.17) is 9.84 Å². The molecular formula is C12H12N2O3S3. The van der Waals surface area contributed by atoms with Gasteiger partial charge in [-0.25, -0.2) is 4.79 Å². The standard InChI is InChI=1S/C12H12N2O3S3/c1-18-11-13-14-12(20-11)19-7-6-17-9-5-3-2-4-8(9)10(15)16/h2-5H,6-7H2,1H3,(H,15,16). The fourth-order valence-electron chi connectivity index (χ4n) is 1.39. The maximum atomic E-state index is 11.0. The summed E-state index contributed by atoms with van der Waals surface area (Å²) in [5.41, 5.74) is 0.179. The summed E-state index contributed by atoms with van der Waals surface area (Å²) in [7, 11) is 0. The van der Waals surface area contributed by atoms with Crippen molar-refractivity contribution in [3.05, 3.63) is 29.8 Å². The molecule has 0 amide bonds. The van der Waals surface area contributed by atoms with Gasteiger partial charge in [-0.2, -0.15) is 0 Å². The molecule has 1 aromatic carbocycles. The molecule has 0 spiro atoms. The van der Waals surface area contributed by atoms with Gasteiger partial charge in [0.25, 0.3) is 0 Å². The van der Waals surface area contributed by atoms with Crippen molar-refractivity contribution in [2.24, 2.45) is 0 Å². The van der Waals surface area contributed by atoms with Crippen LogP contribution in [0.2, 0.25) is 0 Å². The molecule has 1 N–H and O–H groups in total. The number of thioether (sulfide) groups is 2. The second kappa shape index (κ2) is 7.51. The lowest BCUT2D eigenvalue weighted by Crippen LogP contribution is -2.05. The Kier molecular flexibility index (Phi) is 5.69. The Morgan fingerprint density at radius 3 is 2.80 bits per heavy atom. The minimum Gasteiger partial charge on any atom is -0.492 e. The van der Waals surface area contributed by atoms with Gasteiger partial charge in [-0.1, -0.05) is 47.0 Å². The van der Waals surface area contributed by atoms with Gasteiger partial charge in [0.05, 0.1) is 6.61 Å². The fraction of sp³-hybridized carbons (Fsp3) is 0.250. The van der Waals surface area contributed by atoms with Crippen molar-refractivity contribution < 1.29 is 14.6 Å². The lowest BCUT2D eigenvalue weighted by molar-refractivity contribution is 0.0692. The van der Waals surface area contributed by atoms with Crippen molar-refractivity contribution in [2.45, 2.75) is 8.68 Å². The van der Waals surface area contributed by atoms with Gasteiger partial charge in [0.15, 0.2) is 8.68 Å². The van der Waals surface area contributed by atoms with Crippen LogP contribution in [0, 0.1) is 0 Å². The molecule has 0 saturated heterocycles. The number of benzene rings is 1. The van der Waals surface area contributed by atoms with Gasteiger partial charge in [-0.3, -0.25) is 0 Å². The molecule has 0 bridgehead atoms. The smallest absolute Gasteiger partial charge is 0.339 e. The number of para-hydroxylation sites is 1. The third-order valence-electron chi connectivity index (χ3n) is 2.25. The maximum absolute atomic E-state index is 11.0. The summed E-state index contributed by atoms with van der Waals surface area (Å²) >= 11 is 4.66. The summed E-state index contributed by atoms with van der Waals surface area (Å²) in [6.07, 6.45) is 1.96. The van der Waals surface area contributed by atoms with Crippen molar-refractivity contribution in [3.63, 3.8) is 0 Å². The maximum Gasteiger partial charge on any atom is 0.339 e. The number of carboxylic acid groups (broad SMARTS) is 1. The molecule has 0 radical (unpaired) electrons. The average molecular weight is 328 g/mol. The number of carbonyl (C=O) groups is 1. The first-order valence-corrected chi connectivity index (χ1v) is 8.69. The Morgan fingerprint density at radius 2 is 2.10 bits per heavy atom. The van der Waals surface area contributed by atoms with Crippen LogP contribution in [0.5, 0.6) is 5.75 Å². The number of nitrogens with zero attached hydrogens (tertiary/aromatic N) is 2.